The van der Waals surface area contributed by atoms with Gasteiger partial charge in [0.15, 0.2) is 0 Å². The van der Waals surface area contributed by atoms with Gasteiger partial charge in [-0.3, -0.25) is 0 Å². The summed E-state index contributed by atoms with van der Waals surface area (Å²) in [6.45, 7) is 7.95. The lowest BCUT2D eigenvalue weighted by Crippen LogP contribution is -2.26. The second-order valence-corrected chi connectivity index (χ2v) is 8.48. The van der Waals surface area contributed by atoms with Crippen LogP contribution in [0.5, 0.6) is 0 Å². The molecule has 0 saturated heterocycles. The summed E-state index contributed by atoms with van der Waals surface area (Å²) in [6, 6.07) is 4.44. The number of hydrogen-bond donors (Lipinski definition) is 0. The molecule has 1 atom stereocenters. The van der Waals surface area contributed by atoms with Gasteiger partial charge in [-0.25, -0.2) is 8.78 Å². The van der Waals surface area contributed by atoms with Crippen LogP contribution in [0.15, 0.2) is 27.1 Å². The highest BCUT2D eigenvalue weighted by Crippen LogP contribution is 2.30. The van der Waals surface area contributed by atoms with Gasteiger partial charge in [0.2, 0.25) is 0 Å². The molecule has 2 nitrogen and oxygen atoms in total. The van der Waals surface area contributed by atoms with Crippen molar-refractivity contribution in [1.82, 2.24) is 0 Å². The number of nitrogens with zero attached hydrogens (tertiary/aromatic N) is 1. The molecule has 0 fully saturated rings. The van der Waals surface area contributed by atoms with E-state index in [1.54, 1.807) is 13.0 Å². The van der Waals surface area contributed by atoms with Gasteiger partial charge in [0.05, 0.1) is 5.71 Å². The summed E-state index contributed by atoms with van der Waals surface area (Å²) in [5.74, 6) is -2.93. The van der Waals surface area contributed by atoms with E-state index in [9.17, 15) is 13.3 Å². The molecular weight excluding hydrogens is 348 g/mol. The highest BCUT2D eigenvalue weighted by atomic mass is 79.9. The lowest BCUT2D eigenvalue weighted by Gasteiger charge is -2.19. The Morgan fingerprint density at radius 2 is 1.75 bits per heavy atom. The Kier molecular flexibility index (Phi) is 5.38. The Bertz CT molecular complexity index is 521. The van der Waals surface area contributed by atoms with Crippen molar-refractivity contribution in [3.8, 4) is 0 Å². The van der Waals surface area contributed by atoms with Crippen LogP contribution in [0.25, 0.3) is 0 Å². The van der Waals surface area contributed by atoms with E-state index in [-0.39, 0.29) is 5.56 Å². The summed E-state index contributed by atoms with van der Waals surface area (Å²) in [7, 11) is 0. The molecule has 0 heterocycles. The molecule has 1 aromatic carbocycles. The van der Waals surface area contributed by atoms with E-state index < -0.39 is 22.0 Å². The Labute approximate surface area is 130 Å². The lowest BCUT2D eigenvalue weighted by molar-refractivity contribution is 0.0174. The van der Waals surface area contributed by atoms with Crippen molar-refractivity contribution in [1.29, 1.82) is 0 Å². The molecule has 6 heteroatoms. The monoisotopic (exact) mass is 365 g/mol. The van der Waals surface area contributed by atoms with E-state index in [0.29, 0.717) is 15.7 Å². The summed E-state index contributed by atoms with van der Waals surface area (Å²) in [5, 5.41) is 0. The predicted octanol–water partition coefficient (Wildman–Crippen LogP) is 4.83. The Morgan fingerprint density at radius 3 is 2.20 bits per heavy atom. The molecule has 0 bridgehead atoms. The second kappa shape index (κ2) is 6.12. The van der Waals surface area contributed by atoms with Crippen molar-refractivity contribution in [3.05, 3.63) is 33.8 Å². The summed E-state index contributed by atoms with van der Waals surface area (Å²) >= 11 is 1.80. The number of rotatable bonds is 3. The molecule has 0 N–H and O–H groups in total. The fourth-order valence-corrected chi connectivity index (χ4v) is 2.49. The Morgan fingerprint density at radius 1 is 1.20 bits per heavy atom. The number of alkyl halides is 2. The van der Waals surface area contributed by atoms with Crippen LogP contribution in [0.3, 0.4) is 0 Å². The Balaban J connectivity index is 3.20. The first-order chi connectivity index (χ1) is 8.91. The van der Waals surface area contributed by atoms with Gasteiger partial charge >= 0.3 is 0 Å². The molecular formula is C14H18BrF2NOS. The molecule has 0 aromatic heterocycles. The van der Waals surface area contributed by atoms with Gasteiger partial charge in [-0.1, -0.05) is 20.3 Å². The van der Waals surface area contributed by atoms with E-state index >= 15 is 0 Å². The topological polar surface area (TPSA) is 35.4 Å². The fourth-order valence-electron chi connectivity index (χ4n) is 1.37. The largest absolute Gasteiger partial charge is 0.591 e. The highest BCUT2D eigenvalue weighted by Gasteiger charge is 2.28. The molecule has 1 aromatic rings. The average molecular weight is 366 g/mol. The summed E-state index contributed by atoms with van der Waals surface area (Å²) in [4.78, 5) is 0. The van der Waals surface area contributed by atoms with Gasteiger partial charge in [0.1, 0.15) is 16.1 Å². The lowest BCUT2D eigenvalue weighted by atomic mass is 10.0. The van der Waals surface area contributed by atoms with Crippen molar-refractivity contribution < 1.29 is 13.3 Å². The highest BCUT2D eigenvalue weighted by molar-refractivity contribution is 9.10. The first kappa shape index (κ1) is 17.6. The van der Waals surface area contributed by atoms with Crippen molar-refractivity contribution in [2.75, 3.05) is 0 Å². The minimum Gasteiger partial charge on any atom is -0.591 e. The van der Waals surface area contributed by atoms with Crippen LogP contribution in [-0.2, 0) is 17.3 Å². The maximum atomic E-state index is 13.4. The minimum absolute atomic E-state index is 0.0991. The first-order valence-electron chi connectivity index (χ1n) is 6.08. The van der Waals surface area contributed by atoms with E-state index in [0.717, 1.165) is 6.92 Å². The van der Waals surface area contributed by atoms with Crippen LogP contribution in [0.1, 0.15) is 45.7 Å². The van der Waals surface area contributed by atoms with E-state index in [1.807, 2.05) is 20.8 Å². The van der Waals surface area contributed by atoms with Crippen molar-refractivity contribution in [2.45, 2.75) is 45.3 Å². The molecule has 0 aliphatic heterocycles. The van der Waals surface area contributed by atoms with Crippen molar-refractivity contribution in [3.63, 3.8) is 0 Å². The summed E-state index contributed by atoms with van der Waals surface area (Å²) in [6.07, 6.45) is 0. The fraction of sp³-hybridized carbons (Fsp3) is 0.500. The van der Waals surface area contributed by atoms with Gasteiger partial charge in [-0.15, -0.1) is 0 Å². The first-order valence-corrected chi connectivity index (χ1v) is 7.98. The molecule has 112 valence electrons. The van der Waals surface area contributed by atoms with Crippen LogP contribution in [0, 0.1) is 0 Å². The van der Waals surface area contributed by atoms with Crippen LogP contribution in [-0.4, -0.2) is 15.0 Å². The molecule has 1 unspecified atom stereocenters. The zero-order valence-corrected chi connectivity index (χ0v) is 14.5. The quantitative estimate of drug-likeness (QED) is 0.557. The van der Waals surface area contributed by atoms with E-state index in [1.165, 1.54) is 12.1 Å². The SMILES string of the molecule is CC(=N[S+]([O-])C(C)(C)C)c1cc(Br)cc(C(C)(F)F)c1. The third-order valence-corrected chi connectivity index (χ3v) is 4.51. The smallest absolute Gasteiger partial charge is 0.270 e. The van der Waals surface area contributed by atoms with Crippen LogP contribution >= 0.6 is 15.9 Å². The third-order valence-electron chi connectivity index (χ3n) is 2.57. The van der Waals surface area contributed by atoms with E-state index in [2.05, 4.69) is 20.3 Å². The van der Waals surface area contributed by atoms with Gasteiger partial charge < -0.3 is 4.55 Å². The zero-order chi connectivity index (χ0) is 15.7. The van der Waals surface area contributed by atoms with Gasteiger partial charge in [-0.05, 0) is 45.9 Å². The number of benzene rings is 1. The molecule has 1 rings (SSSR count). The third kappa shape index (κ3) is 4.82. The summed E-state index contributed by atoms with van der Waals surface area (Å²) < 4.78 is 43.0. The van der Waals surface area contributed by atoms with Gasteiger partial charge in [0, 0.05) is 22.5 Å². The van der Waals surface area contributed by atoms with E-state index in [4.69, 9.17) is 0 Å². The molecule has 0 amide bonds. The van der Waals surface area contributed by atoms with Crippen LogP contribution < -0.4 is 0 Å². The molecule has 20 heavy (non-hydrogen) atoms. The molecule has 0 aliphatic rings. The van der Waals surface area contributed by atoms with Crippen molar-refractivity contribution in [2.24, 2.45) is 4.40 Å². The van der Waals surface area contributed by atoms with Crippen LogP contribution in [0.2, 0.25) is 0 Å². The molecule has 0 radical (unpaired) electrons. The van der Waals surface area contributed by atoms with Crippen LogP contribution in [0.4, 0.5) is 8.78 Å². The maximum absolute atomic E-state index is 13.4. The number of hydrogen-bond acceptors (Lipinski definition) is 2. The minimum atomic E-state index is -2.93. The standard InChI is InChI=1S/C14H18BrF2NOS/c1-9(18-20(19)13(2,3)4)10-6-11(14(5,16)17)8-12(15)7-10/h6-8H,1-5H3. The molecule has 0 saturated carbocycles. The van der Waals surface area contributed by atoms with Crippen molar-refractivity contribution >= 4 is 33.0 Å². The maximum Gasteiger partial charge on any atom is 0.270 e. The molecule has 0 aliphatic carbocycles. The molecule has 0 spiro atoms. The van der Waals surface area contributed by atoms with Gasteiger partial charge in [-0.2, -0.15) is 0 Å². The zero-order valence-electron chi connectivity index (χ0n) is 12.1. The Hall–Kier alpha value is -0.460. The average Bonchev–Trinajstić information content (AvgIpc) is 2.25. The normalized spacial score (nSPS) is 15.3. The second-order valence-electron chi connectivity index (χ2n) is 5.66. The van der Waals surface area contributed by atoms with Gasteiger partial charge in [0.25, 0.3) is 5.92 Å². The summed E-state index contributed by atoms with van der Waals surface area (Å²) in [5.41, 5.74) is 0.913. The predicted molar refractivity (Wildman–Crippen MR) is 83.8 cm³/mol. The number of halogens is 3.